The van der Waals surface area contributed by atoms with Crippen LogP contribution in [-0.2, 0) is 19.1 Å². The average Bonchev–Trinajstić information content (AvgIpc) is 3.06. The van der Waals surface area contributed by atoms with Crippen LogP contribution < -0.4 is 10.6 Å². The van der Waals surface area contributed by atoms with Crippen molar-refractivity contribution in [3.63, 3.8) is 0 Å². The lowest BCUT2D eigenvalue weighted by atomic mass is 10.2. The molecule has 0 aliphatic carbocycles. The molecule has 0 fully saturated rings. The van der Waals surface area contributed by atoms with Crippen molar-refractivity contribution in [2.75, 3.05) is 17.2 Å². The molecule has 0 aliphatic heterocycles. The molecule has 1 heterocycles. The van der Waals surface area contributed by atoms with Gasteiger partial charge in [-0.1, -0.05) is 6.07 Å². The molecule has 2 N–H and O–H groups in total. The predicted octanol–water partition coefficient (Wildman–Crippen LogP) is 2.90. The highest BCUT2D eigenvalue weighted by atomic mass is 32.1. The molecule has 0 spiro atoms. The minimum absolute atomic E-state index is 0.172. The molecule has 1 aromatic carbocycles. The number of benzene rings is 1. The molecule has 24 heavy (non-hydrogen) atoms. The number of rotatable bonds is 6. The number of thiophene rings is 1. The van der Waals surface area contributed by atoms with Crippen molar-refractivity contribution in [3.05, 3.63) is 52.7 Å². The molecule has 0 aliphatic rings. The van der Waals surface area contributed by atoms with Gasteiger partial charge in [-0.05, 0) is 41.8 Å². The Labute approximate surface area is 143 Å². The first-order chi connectivity index (χ1) is 11.5. The maximum atomic E-state index is 11.7. The monoisotopic (exact) mass is 344 g/mol. The van der Waals surface area contributed by atoms with Crippen molar-refractivity contribution in [2.24, 2.45) is 0 Å². The number of hydrogen-bond acceptors (Lipinski definition) is 5. The lowest BCUT2D eigenvalue weighted by Gasteiger charge is -2.07. The fourth-order valence-electron chi connectivity index (χ4n) is 1.76. The summed E-state index contributed by atoms with van der Waals surface area (Å²) < 4.78 is 4.86. The quantitative estimate of drug-likeness (QED) is 0.623. The van der Waals surface area contributed by atoms with Crippen LogP contribution in [0.4, 0.5) is 11.4 Å². The number of carbonyl (C=O) groups excluding carboxylic acids is 3. The van der Waals surface area contributed by atoms with E-state index in [2.05, 4.69) is 10.6 Å². The number of nitrogens with one attached hydrogen (secondary N) is 2. The third-order valence-electron chi connectivity index (χ3n) is 2.76. The summed E-state index contributed by atoms with van der Waals surface area (Å²) in [6, 6.07) is 10.3. The zero-order chi connectivity index (χ0) is 17.4. The number of amides is 2. The van der Waals surface area contributed by atoms with Gasteiger partial charge in [-0.25, -0.2) is 4.79 Å². The van der Waals surface area contributed by atoms with Crippen molar-refractivity contribution in [1.82, 2.24) is 0 Å². The molecule has 2 amide bonds. The number of hydrogen-bond donors (Lipinski definition) is 2. The first-order valence-corrected chi connectivity index (χ1v) is 7.97. The second-order valence-electron chi connectivity index (χ2n) is 4.76. The highest BCUT2D eigenvalue weighted by molar-refractivity contribution is 7.10. The van der Waals surface area contributed by atoms with Crippen LogP contribution in [0.5, 0.6) is 0 Å². The van der Waals surface area contributed by atoms with Crippen LogP contribution in [0.25, 0.3) is 6.08 Å². The summed E-state index contributed by atoms with van der Waals surface area (Å²) in [5.41, 5.74) is 1.17. The average molecular weight is 344 g/mol. The van der Waals surface area contributed by atoms with Gasteiger partial charge in [-0.2, -0.15) is 0 Å². The Bertz CT molecular complexity index is 736. The Balaban J connectivity index is 1.76. The van der Waals surface area contributed by atoms with Crippen molar-refractivity contribution in [1.29, 1.82) is 0 Å². The van der Waals surface area contributed by atoms with Gasteiger partial charge in [-0.15, -0.1) is 11.3 Å². The summed E-state index contributed by atoms with van der Waals surface area (Å²) in [7, 11) is 0. The molecule has 0 unspecified atom stereocenters. The fourth-order valence-corrected chi connectivity index (χ4v) is 2.38. The molecule has 0 saturated heterocycles. The molecule has 124 valence electrons. The predicted molar refractivity (Wildman–Crippen MR) is 93.7 cm³/mol. The van der Waals surface area contributed by atoms with E-state index in [1.54, 1.807) is 30.3 Å². The number of anilines is 2. The van der Waals surface area contributed by atoms with Gasteiger partial charge in [0.1, 0.15) is 0 Å². The molecular weight excluding hydrogens is 328 g/mol. The molecule has 2 aromatic rings. The van der Waals surface area contributed by atoms with Crippen LogP contribution in [0.15, 0.2) is 47.9 Å². The maximum absolute atomic E-state index is 11.7. The minimum atomic E-state index is -0.584. The summed E-state index contributed by atoms with van der Waals surface area (Å²) in [5.74, 6) is -1.20. The number of ether oxygens (including phenoxy) is 1. The standard InChI is InChI=1S/C17H16N2O4S/c1-12(20)18-13-4-6-14(7-5-13)19-16(21)11-23-17(22)9-8-15-3-2-10-24-15/h2-10H,11H2,1H3,(H,18,20)(H,19,21)/b9-8+. The van der Waals surface area contributed by atoms with Gasteiger partial charge in [0.05, 0.1) is 0 Å². The van der Waals surface area contributed by atoms with E-state index in [-0.39, 0.29) is 12.5 Å². The van der Waals surface area contributed by atoms with Crippen LogP contribution in [0, 0.1) is 0 Å². The van der Waals surface area contributed by atoms with Crippen LogP contribution in [0.1, 0.15) is 11.8 Å². The van der Waals surface area contributed by atoms with E-state index >= 15 is 0 Å². The lowest BCUT2D eigenvalue weighted by molar-refractivity contribution is -0.142. The molecular formula is C17H16N2O4S. The third kappa shape index (κ3) is 6.05. The molecule has 7 heteroatoms. The van der Waals surface area contributed by atoms with E-state index in [1.165, 1.54) is 24.3 Å². The van der Waals surface area contributed by atoms with Crippen LogP contribution in [-0.4, -0.2) is 24.4 Å². The molecule has 1 aromatic heterocycles. The highest BCUT2D eigenvalue weighted by Crippen LogP contribution is 2.13. The van der Waals surface area contributed by atoms with Gasteiger partial charge in [0, 0.05) is 29.3 Å². The topological polar surface area (TPSA) is 84.5 Å². The second kappa shape index (κ2) is 8.64. The molecule has 6 nitrogen and oxygen atoms in total. The Morgan fingerprint density at radius 1 is 1.08 bits per heavy atom. The van der Waals surface area contributed by atoms with Crippen molar-refractivity contribution in [3.8, 4) is 0 Å². The van der Waals surface area contributed by atoms with Crippen molar-refractivity contribution < 1.29 is 19.1 Å². The number of carbonyl (C=O) groups is 3. The van der Waals surface area contributed by atoms with E-state index in [1.807, 2.05) is 17.5 Å². The smallest absolute Gasteiger partial charge is 0.331 e. The lowest BCUT2D eigenvalue weighted by Crippen LogP contribution is -2.20. The van der Waals surface area contributed by atoms with Gasteiger partial charge in [0.2, 0.25) is 5.91 Å². The van der Waals surface area contributed by atoms with E-state index in [4.69, 9.17) is 4.74 Å². The highest BCUT2D eigenvalue weighted by Gasteiger charge is 2.06. The SMILES string of the molecule is CC(=O)Nc1ccc(NC(=O)COC(=O)/C=C/c2cccs2)cc1. The Morgan fingerprint density at radius 3 is 2.33 bits per heavy atom. The largest absolute Gasteiger partial charge is 0.452 e. The van der Waals surface area contributed by atoms with Gasteiger partial charge in [-0.3, -0.25) is 9.59 Å². The van der Waals surface area contributed by atoms with E-state index in [0.717, 1.165) is 4.88 Å². The van der Waals surface area contributed by atoms with Gasteiger partial charge >= 0.3 is 5.97 Å². The number of esters is 1. The van der Waals surface area contributed by atoms with Crippen molar-refractivity contribution in [2.45, 2.75) is 6.92 Å². The Hall–Kier alpha value is -2.93. The van der Waals surface area contributed by atoms with Gasteiger partial charge < -0.3 is 15.4 Å². The summed E-state index contributed by atoms with van der Waals surface area (Å²) in [6.07, 6.45) is 2.91. The maximum Gasteiger partial charge on any atom is 0.331 e. The first kappa shape index (κ1) is 17.4. The normalized spacial score (nSPS) is 10.4. The summed E-state index contributed by atoms with van der Waals surface area (Å²) >= 11 is 1.50. The summed E-state index contributed by atoms with van der Waals surface area (Å²) in [5, 5.41) is 7.12. The first-order valence-electron chi connectivity index (χ1n) is 7.09. The van der Waals surface area contributed by atoms with Crippen LogP contribution in [0.3, 0.4) is 0 Å². The molecule has 0 saturated carbocycles. The molecule has 0 bridgehead atoms. The van der Waals surface area contributed by atoms with E-state index in [9.17, 15) is 14.4 Å². The van der Waals surface area contributed by atoms with Crippen LogP contribution >= 0.6 is 11.3 Å². The minimum Gasteiger partial charge on any atom is -0.452 e. The van der Waals surface area contributed by atoms with E-state index < -0.39 is 11.9 Å². The van der Waals surface area contributed by atoms with Gasteiger partial charge in [0.15, 0.2) is 6.61 Å². The molecule has 2 rings (SSSR count). The fraction of sp³-hybridized carbons (Fsp3) is 0.118. The third-order valence-corrected chi connectivity index (χ3v) is 3.60. The van der Waals surface area contributed by atoms with Crippen LogP contribution in [0.2, 0.25) is 0 Å². The Kier molecular flexibility index (Phi) is 6.27. The molecule has 0 atom stereocenters. The second-order valence-corrected chi connectivity index (χ2v) is 5.74. The Morgan fingerprint density at radius 2 is 1.75 bits per heavy atom. The van der Waals surface area contributed by atoms with E-state index in [0.29, 0.717) is 11.4 Å². The van der Waals surface area contributed by atoms with Gasteiger partial charge in [0.25, 0.3) is 5.91 Å². The zero-order valence-corrected chi connectivity index (χ0v) is 13.8. The summed E-state index contributed by atoms with van der Waals surface area (Å²) in [6.45, 7) is 1.04. The zero-order valence-electron chi connectivity index (χ0n) is 12.9. The summed E-state index contributed by atoms with van der Waals surface area (Å²) in [4.78, 5) is 35.1. The molecule has 0 radical (unpaired) electrons. The van der Waals surface area contributed by atoms with Crippen molar-refractivity contribution >= 4 is 46.6 Å².